The lowest BCUT2D eigenvalue weighted by molar-refractivity contribution is 0.102. The minimum atomic E-state index is 0.101. The molecule has 0 unspecified atom stereocenters. The number of nitrogen functional groups attached to an aromatic ring is 1. The zero-order valence-corrected chi connectivity index (χ0v) is 13.0. The van der Waals surface area contributed by atoms with Gasteiger partial charge < -0.3 is 10.6 Å². The van der Waals surface area contributed by atoms with Crippen LogP contribution in [-0.2, 0) is 0 Å². The molecule has 2 N–H and O–H groups in total. The molecule has 0 bridgehead atoms. The van der Waals surface area contributed by atoms with E-state index in [9.17, 15) is 4.79 Å². The lowest BCUT2D eigenvalue weighted by atomic mass is 10.1. The molecule has 2 rings (SSSR count). The predicted molar refractivity (Wildman–Crippen MR) is 83.5 cm³/mol. The Bertz CT molecular complexity index is 457. The second kappa shape index (κ2) is 5.95. The lowest BCUT2D eigenvalue weighted by Crippen LogP contribution is -2.24. The zero-order chi connectivity index (χ0) is 14.0. The van der Waals surface area contributed by atoms with E-state index in [0.717, 1.165) is 36.5 Å². The van der Waals surface area contributed by atoms with Gasteiger partial charge in [0.2, 0.25) is 0 Å². The number of Topliss-reactive ketones (excluding diaryl/α,β-unsaturated/α-hetero) is 1. The summed E-state index contributed by atoms with van der Waals surface area (Å²) in [5, 5.41) is 1.26. The summed E-state index contributed by atoms with van der Waals surface area (Å²) in [7, 11) is 0. The molecule has 0 atom stereocenters. The summed E-state index contributed by atoms with van der Waals surface area (Å²) in [5.74, 6) is 0.694. The van der Waals surface area contributed by atoms with Gasteiger partial charge >= 0.3 is 0 Å². The minimum Gasteiger partial charge on any atom is -0.397 e. The first-order valence-corrected chi connectivity index (χ1v) is 8.09. The van der Waals surface area contributed by atoms with Crippen LogP contribution in [0.15, 0.2) is 0 Å². The highest BCUT2D eigenvalue weighted by molar-refractivity contribution is 7.18. The van der Waals surface area contributed by atoms with Crippen molar-refractivity contribution in [2.24, 2.45) is 0 Å². The molecular formula is C15H24N2OS. The third-order valence-corrected chi connectivity index (χ3v) is 4.93. The van der Waals surface area contributed by atoms with Crippen molar-refractivity contribution in [3.63, 3.8) is 0 Å². The van der Waals surface area contributed by atoms with Gasteiger partial charge in [0.15, 0.2) is 5.78 Å². The first-order chi connectivity index (χ1) is 9.10. The Morgan fingerprint density at radius 3 is 2.32 bits per heavy atom. The summed E-state index contributed by atoms with van der Waals surface area (Å²) in [6.45, 7) is 8.10. The Morgan fingerprint density at radius 1 is 1.32 bits per heavy atom. The van der Waals surface area contributed by atoms with E-state index in [1.807, 2.05) is 0 Å². The summed E-state index contributed by atoms with van der Waals surface area (Å²) in [5.41, 5.74) is 8.26. The molecule has 0 saturated heterocycles. The first-order valence-electron chi connectivity index (χ1n) is 7.28. The second-order valence-electron chi connectivity index (χ2n) is 5.38. The molecule has 3 nitrogen and oxygen atoms in total. The van der Waals surface area contributed by atoms with Gasteiger partial charge in [-0.3, -0.25) is 4.79 Å². The van der Waals surface area contributed by atoms with Crippen LogP contribution in [0.5, 0.6) is 0 Å². The van der Waals surface area contributed by atoms with Crippen LogP contribution < -0.4 is 10.6 Å². The quantitative estimate of drug-likeness (QED) is 0.767. The molecule has 1 aliphatic carbocycles. The van der Waals surface area contributed by atoms with Crippen molar-refractivity contribution in [1.82, 2.24) is 0 Å². The summed E-state index contributed by atoms with van der Waals surface area (Å²) in [6.07, 6.45) is 4.68. The van der Waals surface area contributed by atoms with Gasteiger partial charge in [-0.1, -0.05) is 13.8 Å². The average Bonchev–Trinajstić information content (AvgIpc) is 3.12. The normalized spacial score (nSPS) is 14.7. The molecule has 0 aromatic carbocycles. The average molecular weight is 280 g/mol. The molecule has 1 aromatic heterocycles. The molecule has 1 heterocycles. The minimum absolute atomic E-state index is 0.101. The maximum atomic E-state index is 11.7. The fourth-order valence-electron chi connectivity index (χ4n) is 2.56. The van der Waals surface area contributed by atoms with Crippen LogP contribution in [0.4, 0.5) is 10.7 Å². The van der Waals surface area contributed by atoms with Crippen LogP contribution in [0.25, 0.3) is 0 Å². The van der Waals surface area contributed by atoms with Crippen LogP contribution in [-0.4, -0.2) is 18.9 Å². The highest BCUT2D eigenvalue weighted by Gasteiger charge is 2.33. The molecule has 0 aliphatic heterocycles. The van der Waals surface area contributed by atoms with Crippen molar-refractivity contribution in [3.05, 3.63) is 10.4 Å². The van der Waals surface area contributed by atoms with E-state index in [1.165, 1.54) is 23.4 Å². The number of carbonyl (C=O) groups excluding carboxylic acids is 1. The smallest absolute Gasteiger partial charge is 0.171 e. The van der Waals surface area contributed by atoms with Crippen molar-refractivity contribution >= 4 is 27.8 Å². The molecule has 1 aliphatic rings. The van der Waals surface area contributed by atoms with Crippen molar-refractivity contribution in [3.8, 4) is 0 Å². The number of thiophene rings is 1. The Hall–Kier alpha value is -1.03. The Balaban J connectivity index is 2.41. The number of carbonyl (C=O) groups is 1. The largest absolute Gasteiger partial charge is 0.397 e. The predicted octanol–water partition coefficient (Wildman–Crippen LogP) is 4.04. The van der Waals surface area contributed by atoms with Gasteiger partial charge in [-0.2, -0.15) is 0 Å². The Kier molecular flexibility index (Phi) is 4.50. The van der Waals surface area contributed by atoms with Crippen molar-refractivity contribution in [1.29, 1.82) is 0 Å². The lowest BCUT2D eigenvalue weighted by Gasteiger charge is -2.23. The second-order valence-corrected chi connectivity index (χ2v) is 6.38. The molecular weight excluding hydrogens is 256 g/mol. The van der Waals surface area contributed by atoms with Crippen molar-refractivity contribution in [2.45, 2.75) is 52.4 Å². The third kappa shape index (κ3) is 2.94. The van der Waals surface area contributed by atoms with Gasteiger partial charge in [0, 0.05) is 25.6 Å². The maximum absolute atomic E-state index is 11.7. The molecule has 19 heavy (non-hydrogen) atoms. The monoisotopic (exact) mass is 280 g/mol. The summed E-state index contributed by atoms with van der Waals surface area (Å²) in [6, 6.07) is 0. The highest BCUT2D eigenvalue weighted by atomic mass is 32.1. The SMILES string of the molecule is CCCN(CCC)c1sc(C(C)=O)c(N)c1C1CC1. The zero-order valence-electron chi connectivity index (χ0n) is 12.2. The van der Waals surface area contributed by atoms with Gasteiger partial charge in [0.05, 0.1) is 15.6 Å². The van der Waals surface area contributed by atoms with Crippen LogP contribution in [0.2, 0.25) is 0 Å². The molecule has 0 radical (unpaired) electrons. The Labute approximate surface area is 119 Å². The number of hydrogen-bond donors (Lipinski definition) is 1. The van der Waals surface area contributed by atoms with E-state index in [0.29, 0.717) is 5.92 Å². The number of nitrogens with two attached hydrogens (primary N) is 1. The molecule has 0 spiro atoms. The fraction of sp³-hybridized carbons (Fsp3) is 0.667. The van der Waals surface area contributed by atoms with Crippen molar-refractivity contribution < 1.29 is 4.79 Å². The number of hydrogen-bond acceptors (Lipinski definition) is 4. The summed E-state index contributed by atoms with van der Waals surface area (Å²) < 4.78 is 0. The fourth-order valence-corrected chi connectivity index (χ4v) is 3.82. The number of rotatable bonds is 7. The van der Waals surface area contributed by atoms with E-state index >= 15 is 0 Å². The van der Waals surface area contributed by atoms with Gasteiger partial charge in [-0.25, -0.2) is 0 Å². The standard InChI is InChI=1S/C15H24N2OS/c1-4-8-17(9-5-2)15-12(11-6-7-11)13(16)14(19-15)10(3)18/h11H,4-9,16H2,1-3H3. The highest BCUT2D eigenvalue weighted by Crippen LogP contribution is 2.52. The Morgan fingerprint density at radius 2 is 1.89 bits per heavy atom. The number of anilines is 2. The third-order valence-electron chi connectivity index (χ3n) is 3.54. The molecule has 106 valence electrons. The van der Waals surface area contributed by atoms with Crippen LogP contribution >= 0.6 is 11.3 Å². The van der Waals surface area contributed by atoms with Crippen LogP contribution in [0.3, 0.4) is 0 Å². The van der Waals surface area contributed by atoms with Gasteiger partial charge in [0.25, 0.3) is 0 Å². The van der Waals surface area contributed by atoms with Crippen LogP contribution in [0.1, 0.15) is 67.6 Å². The van der Waals surface area contributed by atoms with E-state index in [2.05, 4.69) is 18.7 Å². The summed E-state index contributed by atoms with van der Waals surface area (Å²) in [4.78, 5) is 14.9. The maximum Gasteiger partial charge on any atom is 0.171 e. The van der Waals surface area contributed by atoms with E-state index in [4.69, 9.17) is 5.73 Å². The van der Waals surface area contributed by atoms with Crippen molar-refractivity contribution in [2.75, 3.05) is 23.7 Å². The van der Waals surface area contributed by atoms with E-state index in [1.54, 1.807) is 18.3 Å². The van der Waals surface area contributed by atoms with Crippen LogP contribution in [0, 0.1) is 0 Å². The van der Waals surface area contributed by atoms with Gasteiger partial charge in [0.1, 0.15) is 0 Å². The molecule has 4 heteroatoms. The number of ketones is 1. The van der Waals surface area contributed by atoms with E-state index < -0.39 is 0 Å². The van der Waals surface area contributed by atoms with E-state index in [-0.39, 0.29) is 5.78 Å². The molecule has 1 aromatic rings. The molecule has 0 amide bonds. The topological polar surface area (TPSA) is 46.3 Å². The number of nitrogens with zero attached hydrogens (tertiary/aromatic N) is 1. The first kappa shape index (κ1) is 14.4. The molecule has 1 saturated carbocycles. The molecule has 1 fully saturated rings. The van der Waals surface area contributed by atoms with Gasteiger partial charge in [-0.05, 0) is 31.6 Å². The van der Waals surface area contributed by atoms with Gasteiger partial charge in [-0.15, -0.1) is 11.3 Å². The summed E-state index contributed by atoms with van der Waals surface area (Å²) >= 11 is 1.60.